The van der Waals surface area contributed by atoms with Crippen LogP contribution in [-0.2, 0) is 0 Å². The molecule has 1 unspecified atom stereocenters. The summed E-state index contributed by atoms with van der Waals surface area (Å²) in [5.74, 6) is 1.76. The number of likely N-dealkylation sites (tertiary alicyclic amines) is 1. The third-order valence-electron chi connectivity index (χ3n) is 3.83. The fourth-order valence-corrected chi connectivity index (χ4v) is 3.20. The SMILES string of the molecule is CC(C)CN1CCC(CCN(C)CC(C)S)CC1. The minimum atomic E-state index is 0.489. The van der Waals surface area contributed by atoms with E-state index in [9.17, 15) is 0 Å². The van der Waals surface area contributed by atoms with Crippen LogP contribution in [0.2, 0.25) is 0 Å². The van der Waals surface area contributed by atoms with E-state index in [1.165, 1.54) is 45.4 Å². The quantitative estimate of drug-likeness (QED) is 0.712. The van der Waals surface area contributed by atoms with Gasteiger partial charge in [-0.25, -0.2) is 0 Å². The Kier molecular flexibility index (Phi) is 7.66. The lowest BCUT2D eigenvalue weighted by molar-refractivity contribution is 0.155. The summed E-state index contributed by atoms with van der Waals surface area (Å²) >= 11 is 4.45. The average Bonchev–Trinajstić information content (AvgIpc) is 2.26. The van der Waals surface area contributed by atoms with E-state index in [0.717, 1.165) is 18.4 Å². The molecule has 0 radical (unpaired) electrons. The molecule has 0 N–H and O–H groups in total. The Labute approximate surface area is 120 Å². The number of hydrogen-bond donors (Lipinski definition) is 1. The van der Waals surface area contributed by atoms with Crippen LogP contribution in [0.25, 0.3) is 0 Å². The van der Waals surface area contributed by atoms with Gasteiger partial charge in [0.05, 0.1) is 0 Å². The van der Waals surface area contributed by atoms with Gasteiger partial charge in [0, 0.05) is 18.3 Å². The maximum absolute atomic E-state index is 4.45. The highest BCUT2D eigenvalue weighted by Gasteiger charge is 2.19. The summed E-state index contributed by atoms with van der Waals surface area (Å²) in [6.07, 6.45) is 4.17. The van der Waals surface area contributed by atoms with Gasteiger partial charge in [0.2, 0.25) is 0 Å². The van der Waals surface area contributed by atoms with E-state index >= 15 is 0 Å². The Morgan fingerprint density at radius 2 is 1.83 bits per heavy atom. The zero-order valence-corrected chi connectivity index (χ0v) is 13.6. The Morgan fingerprint density at radius 1 is 1.22 bits per heavy atom. The van der Waals surface area contributed by atoms with E-state index in [2.05, 4.69) is 50.2 Å². The minimum Gasteiger partial charge on any atom is -0.305 e. The van der Waals surface area contributed by atoms with Crippen molar-refractivity contribution in [1.29, 1.82) is 0 Å². The van der Waals surface area contributed by atoms with Crippen LogP contribution in [0.5, 0.6) is 0 Å². The van der Waals surface area contributed by atoms with Crippen molar-refractivity contribution in [2.75, 3.05) is 39.8 Å². The lowest BCUT2D eigenvalue weighted by Crippen LogP contribution is -2.37. The van der Waals surface area contributed by atoms with Gasteiger partial charge in [-0.1, -0.05) is 20.8 Å². The summed E-state index contributed by atoms with van der Waals surface area (Å²) in [7, 11) is 2.22. The molecule has 1 aliphatic heterocycles. The summed E-state index contributed by atoms with van der Waals surface area (Å²) in [4.78, 5) is 5.07. The van der Waals surface area contributed by atoms with Crippen molar-refractivity contribution in [3.8, 4) is 0 Å². The first-order valence-electron chi connectivity index (χ1n) is 7.56. The molecule has 0 bridgehead atoms. The van der Waals surface area contributed by atoms with E-state index in [1.807, 2.05) is 0 Å². The van der Waals surface area contributed by atoms with Crippen LogP contribution < -0.4 is 0 Å². The van der Waals surface area contributed by atoms with Crippen LogP contribution in [0, 0.1) is 11.8 Å². The molecule has 1 saturated heterocycles. The predicted molar refractivity (Wildman–Crippen MR) is 84.6 cm³/mol. The Morgan fingerprint density at radius 3 is 2.33 bits per heavy atom. The molecule has 0 saturated carbocycles. The van der Waals surface area contributed by atoms with E-state index in [1.54, 1.807) is 0 Å². The van der Waals surface area contributed by atoms with Crippen LogP contribution in [0.1, 0.15) is 40.0 Å². The van der Waals surface area contributed by atoms with Gasteiger partial charge in [-0.15, -0.1) is 0 Å². The summed E-state index contributed by atoms with van der Waals surface area (Å²) in [6, 6.07) is 0. The van der Waals surface area contributed by atoms with Crippen molar-refractivity contribution in [2.24, 2.45) is 11.8 Å². The third-order valence-corrected chi connectivity index (χ3v) is 3.99. The Hall–Kier alpha value is 0.270. The number of hydrogen-bond acceptors (Lipinski definition) is 3. The fourth-order valence-electron chi connectivity index (χ4n) is 2.92. The van der Waals surface area contributed by atoms with Gasteiger partial charge in [0.25, 0.3) is 0 Å². The standard InChI is InChI=1S/C15H32N2S/c1-13(2)11-17-9-6-15(7-10-17)5-8-16(4)12-14(3)18/h13-15,18H,5-12H2,1-4H3. The molecule has 0 amide bonds. The van der Waals surface area contributed by atoms with Crippen LogP contribution >= 0.6 is 12.6 Å². The van der Waals surface area contributed by atoms with Crippen molar-refractivity contribution in [3.63, 3.8) is 0 Å². The second-order valence-electron chi connectivity index (χ2n) is 6.54. The molecule has 18 heavy (non-hydrogen) atoms. The number of piperidine rings is 1. The molecule has 2 nitrogen and oxygen atoms in total. The van der Waals surface area contributed by atoms with Crippen LogP contribution in [0.15, 0.2) is 0 Å². The van der Waals surface area contributed by atoms with E-state index in [-0.39, 0.29) is 0 Å². The van der Waals surface area contributed by atoms with Crippen molar-refractivity contribution in [2.45, 2.75) is 45.3 Å². The van der Waals surface area contributed by atoms with Gasteiger partial charge >= 0.3 is 0 Å². The molecule has 0 spiro atoms. The molecule has 0 aromatic rings. The first kappa shape index (κ1) is 16.3. The lowest BCUT2D eigenvalue weighted by Gasteiger charge is -2.33. The van der Waals surface area contributed by atoms with Gasteiger partial charge in [0.1, 0.15) is 0 Å². The van der Waals surface area contributed by atoms with Gasteiger partial charge < -0.3 is 9.80 Å². The third kappa shape index (κ3) is 7.01. The monoisotopic (exact) mass is 272 g/mol. The molecular weight excluding hydrogens is 240 g/mol. The molecule has 0 aliphatic carbocycles. The molecule has 1 rings (SSSR count). The number of nitrogens with zero attached hydrogens (tertiary/aromatic N) is 2. The van der Waals surface area contributed by atoms with Crippen LogP contribution in [0.3, 0.4) is 0 Å². The van der Waals surface area contributed by atoms with E-state index in [0.29, 0.717) is 5.25 Å². The van der Waals surface area contributed by atoms with Gasteiger partial charge in [-0.2, -0.15) is 12.6 Å². The highest BCUT2D eigenvalue weighted by molar-refractivity contribution is 7.80. The molecule has 1 heterocycles. The average molecular weight is 273 g/mol. The number of thiol groups is 1. The van der Waals surface area contributed by atoms with E-state index in [4.69, 9.17) is 0 Å². The Bertz CT molecular complexity index is 211. The van der Waals surface area contributed by atoms with Crippen molar-refractivity contribution < 1.29 is 0 Å². The van der Waals surface area contributed by atoms with Crippen molar-refractivity contribution >= 4 is 12.6 Å². The van der Waals surface area contributed by atoms with Crippen LogP contribution in [0.4, 0.5) is 0 Å². The van der Waals surface area contributed by atoms with Crippen molar-refractivity contribution in [1.82, 2.24) is 9.80 Å². The molecule has 1 atom stereocenters. The number of rotatable bonds is 7. The maximum Gasteiger partial charge on any atom is 0.0116 e. The fraction of sp³-hybridized carbons (Fsp3) is 1.00. The highest BCUT2D eigenvalue weighted by Crippen LogP contribution is 2.21. The normalized spacial score (nSPS) is 20.8. The predicted octanol–water partition coefficient (Wildman–Crippen LogP) is 2.99. The molecule has 1 fully saturated rings. The largest absolute Gasteiger partial charge is 0.305 e. The molecular formula is C15H32N2S. The lowest BCUT2D eigenvalue weighted by atomic mass is 9.93. The summed E-state index contributed by atoms with van der Waals surface area (Å²) in [5.41, 5.74) is 0. The second-order valence-corrected chi connectivity index (χ2v) is 7.42. The zero-order chi connectivity index (χ0) is 13.5. The summed E-state index contributed by atoms with van der Waals surface area (Å²) < 4.78 is 0. The minimum absolute atomic E-state index is 0.489. The smallest absolute Gasteiger partial charge is 0.0116 e. The summed E-state index contributed by atoms with van der Waals surface area (Å²) in [6.45, 7) is 13.1. The molecule has 0 aromatic heterocycles. The Balaban J connectivity index is 2.12. The van der Waals surface area contributed by atoms with Gasteiger partial charge in [0.15, 0.2) is 0 Å². The van der Waals surface area contributed by atoms with Crippen LogP contribution in [-0.4, -0.2) is 54.8 Å². The van der Waals surface area contributed by atoms with Gasteiger partial charge in [-0.05, 0) is 57.8 Å². The molecule has 108 valence electrons. The van der Waals surface area contributed by atoms with E-state index < -0.39 is 0 Å². The first-order valence-corrected chi connectivity index (χ1v) is 8.08. The maximum atomic E-state index is 4.45. The highest BCUT2D eigenvalue weighted by atomic mass is 32.1. The van der Waals surface area contributed by atoms with Gasteiger partial charge in [-0.3, -0.25) is 0 Å². The topological polar surface area (TPSA) is 6.48 Å². The molecule has 1 aliphatic rings. The second kappa shape index (κ2) is 8.44. The van der Waals surface area contributed by atoms with Crippen molar-refractivity contribution in [3.05, 3.63) is 0 Å². The molecule has 3 heteroatoms. The zero-order valence-electron chi connectivity index (χ0n) is 12.7. The first-order chi connectivity index (χ1) is 8.47. The molecule has 0 aromatic carbocycles. The summed E-state index contributed by atoms with van der Waals surface area (Å²) in [5, 5.41) is 0.489.